The van der Waals surface area contributed by atoms with Crippen molar-refractivity contribution in [2.75, 3.05) is 38.8 Å². The van der Waals surface area contributed by atoms with Crippen LogP contribution in [-0.2, 0) is 4.74 Å². The fourth-order valence-corrected chi connectivity index (χ4v) is 3.52. The van der Waals surface area contributed by atoms with Crippen LogP contribution in [0.3, 0.4) is 0 Å². The molecule has 7 heteroatoms. The summed E-state index contributed by atoms with van der Waals surface area (Å²) in [6, 6.07) is 0.878. The molecule has 1 aromatic rings. The van der Waals surface area contributed by atoms with E-state index in [2.05, 4.69) is 25.5 Å². The normalized spacial score (nSPS) is 21.4. The molecule has 0 radical (unpaired) electrons. The number of amides is 1. The summed E-state index contributed by atoms with van der Waals surface area (Å²) in [6.07, 6.45) is 3.68. The second-order valence-corrected chi connectivity index (χ2v) is 7.16. The summed E-state index contributed by atoms with van der Waals surface area (Å²) < 4.78 is 5.38. The van der Waals surface area contributed by atoms with Crippen LogP contribution in [0, 0.1) is 19.8 Å². The molecule has 25 heavy (non-hydrogen) atoms. The molecule has 7 nitrogen and oxygen atoms in total. The molecular formula is C18H29N5O2. The summed E-state index contributed by atoms with van der Waals surface area (Å²) >= 11 is 0. The van der Waals surface area contributed by atoms with Crippen LogP contribution in [0.15, 0.2) is 0 Å². The van der Waals surface area contributed by atoms with Crippen LogP contribution in [0.2, 0.25) is 0 Å². The van der Waals surface area contributed by atoms with Gasteiger partial charge in [-0.1, -0.05) is 0 Å². The van der Waals surface area contributed by atoms with Gasteiger partial charge in [-0.05, 0) is 39.0 Å². The predicted octanol–water partition coefficient (Wildman–Crippen LogP) is 1.05. The molecule has 3 rings (SSSR count). The van der Waals surface area contributed by atoms with Gasteiger partial charge in [-0.15, -0.1) is 0 Å². The Morgan fingerprint density at radius 1 is 1.32 bits per heavy atom. The van der Waals surface area contributed by atoms with Crippen LogP contribution in [0.25, 0.3) is 0 Å². The molecule has 2 fully saturated rings. The van der Waals surface area contributed by atoms with Crippen molar-refractivity contribution in [3.8, 4) is 0 Å². The Kier molecular flexibility index (Phi) is 5.54. The summed E-state index contributed by atoms with van der Waals surface area (Å²) in [5, 5.41) is 6.38. The smallest absolute Gasteiger partial charge is 0.288 e. The molecule has 2 aliphatic rings. The lowest BCUT2D eigenvalue weighted by Crippen LogP contribution is -2.44. The van der Waals surface area contributed by atoms with E-state index in [9.17, 15) is 4.79 Å². The van der Waals surface area contributed by atoms with Crippen molar-refractivity contribution in [2.24, 2.45) is 5.92 Å². The van der Waals surface area contributed by atoms with Crippen molar-refractivity contribution < 1.29 is 9.53 Å². The maximum Gasteiger partial charge on any atom is 0.288 e. The number of carbonyl (C=O) groups is 1. The summed E-state index contributed by atoms with van der Waals surface area (Å²) in [4.78, 5) is 23.0. The van der Waals surface area contributed by atoms with Crippen LogP contribution >= 0.6 is 0 Å². The number of aryl methyl sites for hydroxylation is 1. The van der Waals surface area contributed by atoms with Crippen LogP contribution in [-0.4, -0.2) is 61.8 Å². The Morgan fingerprint density at radius 2 is 2.08 bits per heavy atom. The number of hydrogen-bond donors (Lipinski definition) is 2. The van der Waals surface area contributed by atoms with Crippen LogP contribution in [0.5, 0.6) is 0 Å². The van der Waals surface area contributed by atoms with Crippen LogP contribution in [0.4, 0.5) is 5.82 Å². The monoisotopic (exact) mass is 347 g/mol. The van der Waals surface area contributed by atoms with Gasteiger partial charge in [0.05, 0.1) is 6.61 Å². The molecule has 2 atom stereocenters. The quantitative estimate of drug-likeness (QED) is 0.767. The van der Waals surface area contributed by atoms with Gasteiger partial charge in [0.1, 0.15) is 5.82 Å². The third-order valence-corrected chi connectivity index (χ3v) is 5.27. The van der Waals surface area contributed by atoms with Gasteiger partial charge in [-0.2, -0.15) is 0 Å². The minimum absolute atomic E-state index is 0.243. The highest BCUT2D eigenvalue weighted by atomic mass is 16.5. The van der Waals surface area contributed by atoms with E-state index < -0.39 is 0 Å². The van der Waals surface area contributed by atoms with E-state index in [-0.39, 0.29) is 11.7 Å². The second-order valence-electron chi connectivity index (χ2n) is 7.16. The zero-order valence-corrected chi connectivity index (χ0v) is 15.6. The van der Waals surface area contributed by atoms with Gasteiger partial charge in [0.2, 0.25) is 5.82 Å². The highest BCUT2D eigenvalue weighted by Crippen LogP contribution is 2.33. The van der Waals surface area contributed by atoms with Gasteiger partial charge in [-0.25, -0.2) is 9.97 Å². The Labute approximate surface area is 149 Å². The Balaban J connectivity index is 1.70. The van der Waals surface area contributed by atoms with Crippen molar-refractivity contribution >= 4 is 11.7 Å². The third-order valence-electron chi connectivity index (χ3n) is 5.27. The Hall–Kier alpha value is -1.73. The maximum absolute atomic E-state index is 11.9. The standard InChI is InChI=1S/C18H29N5O2/c1-11-12(2)20-16(18(24)19-3)22-17(11)23-8-7-14(9-23)21-15(10-25-4)13-5-6-13/h13-15,21H,5-10H2,1-4H3,(H,19,24)/t14-,15?/m1/s1. The van der Waals surface area contributed by atoms with Crippen molar-refractivity contribution in [3.63, 3.8) is 0 Å². The van der Waals surface area contributed by atoms with Crippen molar-refractivity contribution in [2.45, 2.75) is 45.2 Å². The van der Waals surface area contributed by atoms with Gasteiger partial charge < -0.3 is 20.3 Å². The first kappa shape index (κ1) is 18.1. The summed E-state index contributed by atoms with van der Waals surface area (Å²) in [5.41, 5.74) is 1.90. The summed E-state index contributed by atoms with van der Waals surface area (Å²) in [6.45, 7) is 6.56. The molecule has 1 amide bonds. The predicted molar refractivity (Wildman–Crippen MR) is 97.0 cm³/mol. The third kappa shape index (κ3) is 4.10. The van der Waals surface area contributed by atoms with E-state index in [4.69, 9.17) is 4.74 Å². The zero-order chi connectivity index (χ0) is 18.0. The van der Waals surface area contributed by atoms with Gasteiger partial charge in [0.15, 0.2) is 0 Å². The zero-order valence-electron chi connectivity index (χ0n) is 15.6. The molecule has 1 aromatic heterocycles. The number of carbonyl (C=O) groups excluding carboxylic acids is 1. The number of nitrogens with zero attached hydrogens (tertiary/aromatic N) is 3. The number of hydrogen-bond acceptors (Lipinski definition) is 6. The molecule has 1 unspecified atom stereocenters. The lowest BCUT2D eigenvalue weighted by molar-refractivity contribution is 0.0952. The number of nitrogens with one attached hydrogen (secondary N) is 2. The summed E-state index contributed by atoms with van der Waals surface area (Å²) in [7, 11) is 3.37. The van der Waals surface area contributed by atoms with Gasteiger partial charge >= 0.3 is 0 Å². The van der Waals surface area contributed by atoms with E-state index in [1.165, 1.54) is 12.8 Å². The van der Waals surface area contributed by atoms with Crippen LogP contribution < -0.4 is 15.5 Å². The molecule has 1 aliphatic heterocycles. The Morgan fingerprint density at radius 3 is 2.72 bits per heavy atom. The lowest BCUT2D eigenvalue weighted by atomic mass is 10.1. The molecule has 0 bridgehead atoms. The first-order valence-corrected chi connectivity index (χ1v) is 9.10. The molecule has 138 valence electrons. The summed E-state index contributed by atoms with van der Waals surface area (Å²) in [5.74, 6) is 1.64. The molecular weight excluding hydrogens is 318 g/mol. The fraction of sp³-hybridized carbons (Fsp3) is 0.722. The maximum atomic E-state index is 11.9. The van der Waals surface area contributed by atoms with Gasteiger partial charge in [0, 0.05) is 50.6 Å². The fourth-order valence-electron chi connectivity index (χ4n) is 3.52. The molecule has 2 heterocycles. The van der Waals surface area contributed by atoms with E-state index >= 15 is 0 Å². The second kappa shape index (κ2) is 7.66. The molecule has 2 N–H and O–H groups in total. The largest absolute Gasteiger partial charge is 0.383 e. The Bertz CT molecular complexity index is 632. The number of rotatable bonds is 7. The highest BCUT2D eigenvalue weighted by molar-refractivity contribution is 5.90. The molecule has 0 spiro atoms. The number of anilines is 1. The van der Waals surface area contributed by atoms with E-state index in [0.717, 1.165) is 49.1 Å². The molecule has 1 saturated heterocycles. The van der Waals surface area contributed by atoms with Gasteiger partial charge in [-0.3, -0.25) is 4.79 Å². The van der Waals surface area contributed by atoms with Crippen LogP contribution in [0.1, 0.15) is 41.1 Å². The number of aromatic nitrogens is 2. The minimum atomic E-state index is -0.243. The average molecular weight is 347 g/mol. The molecule has 0 aromatic carbocycles. The van der Waals surface area contributed by atoms with Crippen molar-refractivity contribution in [3.05, 3.63) is 17.1 Å². The number of methoxy groups -OCH3 is 1. The van der Waals surface area contributed by atoms with Gasteiger partial charge in [0.25, 0.3) is 5.91 Å². The highest BCUT2D eigenvalue weighted by Gasteiger charge is 2.34. The average Bonchev–Trinajstić information content (AvgIpc) is 3.35. The first-order valence-electron chi connectivity index (χ1n) is 9.10. The SMILES string of the molecule is CNC(=O)c1nc(C)c(C)c(N2CC[C@@H](NC(COC)C3CC3)C2)n1. The van der Waals surface area contributed by atoms with E-state index in [1.807, 2.05) is 13.8 Å². The minimum Gasteiger partial charge on any atom is -0.383 e. The number of ether oxygens (including phenoxy) is 1. The van der Waals surface area contributed by atoms with E-state index in [0.29, 0.717) is 12.1 Å². The van der Waals surface area contributed by atoms with E-state index in [1.54, 1.807) is 14.2 Å². The van der Waals surface area contributed by atoms with Crippen molar-refractivity contribution in [1.82, 2.24) is 20.6 Å². The molecule has 1 saturated carbocycles. The topological polar surface area (TPSA) is 79.4 Å². The lowest BCUT2D eigenvalue weighted by Gasteiger charge is -2.24. The molecule has 1 aliphatic carbocycles. The van der Waals surface area contributed by atoms with Crippen molar-refractivity contribution in [1.29, 1.82) is 0 Å². The first-order chi connectivity index (χ1) is 12.0.